The third-order valence-corrected chi connectivity index (χ3v) is 5.10. The van der Waals surface area contributed by atoms with Crippen LogP contribution in [0.3, 0.4) is 0 Å². The van der Waals surface area contributed by atoms with Crippen LogP contribution in [0.25, 0.3) is 10.8 Å². The molecule has 1 aliphatic heterocycles. The molecule has 3 rings (SSSR count). The van der Waals surface area contributed by atoms with E-state index in [0.29, 0.717) is 19.5 Å². The zero-order valence-electron chi connectivity index (χ0n) is 14.5. The summed E-state index contributed by atoms with van der Waals surface area (Å²) < 4.78 is 0. The van der Waals surface area contributed by atoms with Crippen LogP contribution in [0.2, 0.25) is 0 Å². The Morgan fingerprint density at radius 3 is 2.48 bits per heavy atom. The van der Waals surface area contributed by atoms with E-state index in [1.807, 2.05) is 17.0 Å². The lowest BCUT2D eigenvalue weighted by Gasteiger charge is -2.31. The number of rotatable bonds is 6. The average molecular weight is 339 g/mol. The third kappa shape index (κ3) is 4.81. The second-order valence-corrected chi connectivity index (χ2v) is 6.96. The van der Waals surface area contributed by atoms with E-state index in [-0.39, 0.29) is 18.2 Å². The van der Waals surface area contributed by atoms with Gasteiger partial charge in [-0.3, -0.25) is 9.59 Å². The van der Waals surface area contributed by atoms with Crippen molar-refractivity contribution in [3.05, 3.63) is 48.0 Å². The summed E-state index contributed by atoms with van der Waals surface area (Å²) >= 11 is 0. The van der Waals surface area contributed by atoms with E-state index in [4.69, 9.17) is 5.11 Å². The molecule has 0 aromatic heterocycles. The number of carboxylic acids is 1. The lowest BCUT2D eigenvalue weighted by molar-refractivity contribution is -0.138. The minimum absolute atomic E-state index is 0.203. The van der Waals surface area contributed by atoms with Gasteiger partial charge in [0, 0.05) is 25.9 Å². The fourth-order valence-corrected chi connectivity index (χ4v) is 3.63. The van der Waals surface area contributed by atoms with Crippen molar-refractivity contribution in [1.29, 1.82) is 0 Å². The van der Waals surface area contributed by atoms with Crippen LogP contribution in [0, 0.1) is 5.92 Å². The lowest BCUT2D eigenvalue weighted by atomic mass is 9.93. The topological polar surface area (TPSA) is 57.6 Å². The van der Waals surface area contributed by atoms with Gasteiger partial charge in [0.15, 0.2) is 0 Å². The number of carbonyl (C=O) groups is 2. The zero-order valence-corrected chi connectivity index (χ0v) is 14.5. The van der Waals surface area contributed by atoms with Crippen molar-refractivity contribution in [1.82, 2.24) is 4.90 Å². The molecule has 2 aromatic rings. The van der Waals surface area contributed by atoms with Crippen LogP contribution in [-0.2, 0) is 16.0 Å². The largest absolute Gasteiger partial charge is 0.481 e. The number of hydrogen-bond acceptors (Lipinski definition) is 2. The second-order valence-electron chi connectivity index (χ2n) is 6.96. The molecule has 0 radical (unpaired) electrons. The maximum absolute atomic E-state index is 12.3. The molecule has 4 nitrogen and oxygen atoms in total. The Labute approximate surface area is 148 Å². The van der Waals surface area contributed by atoms with Crippen molar-refractivity contribution < 1.29 is 14.7 Å². The first-order chi connectivity index (χ1) is 12.1. The number of aryl methyl sites for hydroxylation is 1. The number of carboxylic acid groups (broad SMARTS) is 1. The molecule has 132 valence electrons. The zero-order chi connectivity index (χ0) is 17.6. The summed E-state index contributed by atoms with van der Waals surface area (Å²) in [5.74, 6) is -0.311. The molecule has 1 heterocycles. The fraction of sp³-hybridized carbons (Fsp3) is 0.429. The van der Waals surface area contributed by atoms with Gasteiger partial charge in [-0.15, -0.1) is 0 Å². The van der Waals surface area contributed by atoms with Crippen molar-refractivity contribution in [2.24, 2.45) is 5.92 Å². The third-order valence-electron chi connectivity index (χ3n) is 5.10. The maximum atomic E-state index is 12.3. The Bertz CT molecular complexity index is 748. The van der Waals surface area contributed by atoms with Gasteiger partial charge in [-0.2, -0.15) is 0 Å². The molecule has 0 spiro atoms. The number of piperidine rings is 1. The van der Waals surface area contributed by atoms with E-state index in [1.165, 1.54) is 16.3 Å². The van der Waals surface area contributed by atoms with Crippen molar-refractivity contribution >= 4 is 22.6 Å². The van der Waals surface area contributed by atoms with Gasteiger partial charge >= 0.3 is 5.97 Å². The second kappa shape index (κ2) is 8.15. The molecule has 0 bridgehead atoms. The van der Waals surface area contributed by atoms with Gasteiger partial charge in [-0.1, -0.05) is 42.5 Å². The molecule has 1 N–H and O–H groups in total. The highest BCUT2D eigenvalue weighted by atomic mass is 16.4. The first-order valence-electron chi connectivity index (χ1n) is 9.09. The van der Waals surface area contributed by atoms with Crippen molar-refractivity contribution in [2.45, 2.75) is 38.5 Å². The smallest absolute Gasteiger partial charge is 0.303 e. The number of fused-ring (bicyclic) bond motifs is 1. The average Bonchev–Trinajstić information content (AvgIpc) is 2.61. The number of amides is 1. The number of likely N-dealkylation sites (tertiary alicyclic amines) is 1. The molecule has 0 atom stereocenters. The molecule has 0 saturated carbocycles. The van der Waals surface area contributed by atoms with Crippen LogP contribution in [0.5, 0.6) is 0 Å². The number of benzene rings is 2. The van der Waals surface area contributed by atoms with Gasteiger partial charge in [0.25, 0.3) is 0 Å². The molecular weight excluding hydrogens is 314 g/mol. The molecule has 0 unspecified atom stereocenters. The number of aliphatic carboxylic acids is 1. The summed E-state index contributed by atoms with van der Waals surface area (Å²) in [7, 11) is 0. The van der Waals surface area contributed by atoms with E-state index in [9.17, 15) is 9.59 Å². The minimum atomic E-state index is -0.736. The quantitative estimate of drug-likeness (QED) is 0.869. The molecule has 1 amide bonds. The normalized spacial score (nSPS) is 15.4. The number of hydrogen-bond donors (Lipinski definition) is 1. The summed E-state index contributed by atoms with van der Waals surface area (Å²) in [5, 5.41) is 11.3. The standard InChI is InChI=1S/C21H25NO3/c23-20(22-12-10-17(11-13-22)15-21(24)25)7-3-4-16-8-9-18-5-1-2-6-19(18)14-16/h1-2,5-6,8-9,14,17H,3-4,7,10-13,15H2,(H,24,25). The molecular formula is C21H25NO3. The molecule has 25 heavy (non-hydrogen) atoms. The summed E-state index contributed by atoms with van der Waals surface area (Å²) in [6.45, 7) is 1.40. The van der Waals surface area contributed by atoms with Crippen LogP contribution in [0.15, 0.2) is 42.5 Å². The molecule has 4 heteroatoms. The SMILES string of the molecule is O=C(O)CC1CCN(C(=O)CCCc2ccc3ccccc3c2)CC1. The molecule has 1 fully saturated rings. The van der Waals surface area contributed by atoms with Gasteiger partial charge < -0.3 is 10.0 Å². The molecule has 2 aromatic carbocycles. The van der Waals surface area contributed by atoms with Crippen LogP contribution in [0.1, 0.15) is 37.7 Å². The van der Waals surface area contributed by atoms with Crippen LogP contribution >= 0.6 is 0 Å². The Morgan fingerprint density at radius 1 is 1.04 bits per heavy atom. The summed E-state index contributed by atoms with van der Waals surface area (Å²) in [6, 6.07) is 14.8. The van der Waals surface area contributed by atoms with Gasteiger partial charge in [-0.05, 0) is 47.9 Å². The Balaban J connectivity index is 1.44. The van der Waals surface area contributed by atoms with Crippen LogP contribution < -0.4 is 0 Å². The lowest BCUT2D eigenvalue weighted by Crippen LogP contribution is -2.38. The summed E-state index contributed by atoms with van der Waals surface area (Å²) in [5.41, 5.74) is 1.27. The highest BCUT2D eigenvalue weighted by molar-refractivity contribution is 5.83. The highest BCUT2D eigenvalue weighted by Crippen LogP contribution is 2.22. The van der Waals surface area contributed by atoms with E-state index >= 15 is 0 Å². The van der Waals surface area contributed by atoms with Crippen molar-refractivity contribution in [3.63, 3.8) is 0 Å². The van der Waals surface area contributed by atoms with Gasteiger partial charge in [0.1, 0.15) is 0 Å². The predicted molar refractivity (Wildman–Crippen MR) is 98.4 cm³/mol. The number of carbonyl (C=O) groups excluding carboxylic acids is 1. The van der Waals surface area contributed by atoms with Gasteiger partial charge in [-0.25, -0.2) is 0 Å². The Hall–Kier alpha value is -2.36. The maximum Gasteiger partial charge on any atom is 0.303 e. The molecule has 1 aliphatic rings. The van der Waals surface area contributed by atoms with E-state index < -0.39 is 5.97 Å². The molecule has 0 aliphatic carbocycles. The predicted octanol–water partition coefficient (Wildman–Crippen LogP) is 3.88. The summed E-state index contributed by atoms with van der Waals surface area (Å²) in [4.78, 5) is 25.0. The first-order valence-corrected chi connectivity index (χ1v) is 9.09. The van der Waals surface area contributed by atoms with Gasteiger partial charge in [0.05, 0.1) is 0 Å². The summed E-state index contributed by atoms with van der Waals surface area (Å²) in [6.07, 6.45) is 4.17. The molecule has 1 saturated heterocycles. The van der Waals surface area contributed by atoms with E-state index in [1.54, 1.807) is 0 Å². The van der Waals surface area contributed by atoms with Gasteiger partial charge in [0.2, 0.25) is 5.91 Å². The Morgan fingerprint density at radius 2 is 1.76 bits per heavy atom. The highest BCUT2D eigenvalue weighted by Gasteiger charge is 2.23. The van der Waals surface area contributed by atoms with Crippen molar-refractivity contribution in [3.8, 4) is 0 Å². The fourth-order valence-electron chi connectivity index (χ4n) is 3.63. The van der Waals surface area contributed by atoms with Crippen LogP contribution in [-0.4, -0.2) is 35.0 Å². The first kappa shape index (κ1) is 17.5. The Kier molecular flexibility index (Phi) is 5.69. The van der Waals surface area contributed by atoms with Crippen LogP contribution in [0.4, 0.5) is 0 Å². The van der Waals surface area contributed by atoms with Crippen molar-refractivity contribution in [2.75, 3.05) is 13.1 Å². The van der Waals surface area contributed by atoms with E-state index in [0.717, 1.165) is 25.7 Å². The monoisotopic (exact) mass is 339 g/mol. The van der Waals surface area contributed by atoms with E-state index in [2.05, 4.69) is 30.3 Å². The minimum Gasteiger partial charge on any atom is -0.481 e. The number of nitrogens with zero attached hydrogens (tertiary/aromatic N) is 1.